The zero-order valence-corrected chi connectivity index (χ0v) is 17.6. The van der Waals surface area contributed by atoms with Gasteiger partial charge in [0.05, 0.1) is 28.9 Å². The molecule has 0 spiro atoms. The first-order chi connectivity index (χ1) is 14.9. The molecular weight excluding hydrogens is 394 g/mol. The zero-order chi connectivity index (χ0) is 21.9. The highest BCUT2D eigenvalue weighted by atomic mass is 16.5. The molecule has 0 bridgehead atoms. The SMILES string of the molecule is Cc1ccc(-c2c3c(=O)n(C)c(=O)n(C)c3c3n2CCOC3c2cccc(O)c2)cc1. The van der Waals surface area contributed by atoms with Gasteiger partial charge in [-0.15, -0.1) is 0 Å². The summed E-state index contributed by atoms with van der Waals surface area (Å²) in [6.45, 7) is 3.02. The Kier molecular flexibility index (Phi) is 4.37. The van der Waals surface area contributed by atoms with Crippen molar-refractivity contribution >= 4 is 10.9 Å². The fraction of sp³-hybridized carbons (Fsp3) is 0.250. The molecule has 7 heteroatoms. The van der Waals surface area contributed by atoms with Gasteiger partial charge in [0.25, 0.3) is 5.56 Å². The van der Waals surface area contributed by atoms with E-state index < -0.39 is 6.10 Å². The summed E-state index contributed by atoms with van der Waals surface area (Å²) in [6, 6.07) is 14.9. The van der Waals surface area contributed by atoms with Crippen molar-refractivity contribution < 1.29 is 9.84 Å². The Labute approximate surface area is 178 Å². The lowest BCUT2D eigenvalue weighted by Crippen LogP contribution is -2.37. The first-order valence-electron chi connectivity index (χ1n) is 10.2. The van der Waals surface area contributed by atoms with E-state index in [4.69, 9.17) is 4.74 Å². The Morgan fingerprint density at radius 1 is 1.03 bits per heavy atom. The van der Waals surface area contributed by atoms with Crippen molar-refractivity contribution in [3.8, 4) is 17.0 Å². The predicted molar refractivity (Wildman–Crippen MR) is 118 cm³/mol. The monoisotopic (exact) mass is 417 g/mol. The van der Waals surface area contributed by atoms with Gasteiger partial charge in [0.1, 0.15) is 11.9 Å². The fourth-order valence-corrected chi connectivity index (χ4v) is 4.53. The minimum atomic E-state index is -0.514. The average Bonchev–Trinajstić information content (AvgIpc) is 3.12. The molecule has 0 saturated heterocycles. The third kappa shape index (κ3) is 2.84. The molecule has 31 heavy (non-hydrogen) atoms. The average molecular weight is 417 g/mol. The number of phenols is 1. The van der Waals surface area contributed by atoms with Gasteiger partial charge in [-0.2, -0.15) is 0 Å². The quantitative estimate of drug-likeness (QED) is 0.544. The van der Waals surface area contributed by atoms with E-state index in [1.165, 1.54) is 11.6 Å². The minimum absolute atomic E-state index is 0.137. The van der Waals surface area contributed by atoms with Gasteiger partial charge in [0, 0.05) is 20.6 Å². The second-order valence-electron chi connectivity index (χ2n) is 8.03. The molecule has 0 fully saturated rings. The molecule has 1 atom stereocenters. The van der Waals surface area contributed by atoms with Crippen molar-refractivity contribution in [3.63, 3.8) is 0 Å². The molecule has 0 radical (unpaired) electrons. The lowest BCUT2D eigenvalue weighted by Gasteiger charge is -2.27. The molecule has 5 rings (SSSR count). The van der Waals surface area contributed by atoms with Gasteiger partial charge in [0.2, 0.25) is 0 Å². The van der Waals surface area contributed by atoms with Crippen molar-refractivity contribution in [2.75, 3.05) is 6.61 Å². The van der Waals surface area contributed by atoms with E-state index in [0.29, 0.717) is 24.1 Å². The van der Waals surface area contributed by atoms with Crippen molar-refractivity contribution in [2.24, 2.45) is 14.1 Å². The van der Waals surface area contributed by atoms with Crippen LogP contribution >= 0.6 is 0 Å². The van der Waals surface area contributed by atoms with E-state index in [1.807, 2.05) is 37.3 Å². The smallest absolute Gasteiger partial charge is 0.331 e. The summed E-state index contributed by atoms with van der Waals surface area (Å²) in [4.78, 5) is 26.1. The summed E-state index contributed by atoms with van der Waals surface area (Å²) >= 11 is 0. The minimum Gasteiger partial charge on any atom is -0.508 e. The molecule has 1 unspecified atom stereocenters. The van der Waals surface area contributed by atoms with Gasteiger partial charge >= 0.3 is 5.69 Å². The number of aromatic hydroxyl groups is 1. The molecule has 1 N–H and O–H groups in total. The first kappa shape index (κ1) is 19.4. The number of benzene rings is 2. The van der Waals surface area contributed by atoms with Crippen LogP contribution in [0.3, 0.4) is 0 Å². The normalized spacial score (nSPS) is 15.9. The van der Waals surface area contributed by atoms with Crippen LogP contribution in [0.15, 0.2) is 58.1 Å². The number of rotatable bonds is 2. The molecule has 2 aromatic heterocycles. The molecule has 7 nitrogen and oxygen atoms in total. The third-order valence-corrected chi connectivity index (χ3v) is 6.05. The lowest BCUT2D eigenvalue weighted by atomic mass is 10.0. The molecule has 1 aliphatic rings. The molecule has 158 valence electrons. The van der Waals surface area contributed by atoms with E-state index in [1.54, 1.807) is 25.2 Å². The highest BCUT2D eigenvalue weighted by Crippen LogP contribution is 2.41. The zero-order valence-electron chi connectivity index (χ0n) is 17.6. The molecule has 2 aromatic carbocycles. The van der Waals surface area contributed by atoms with Gasteiger partial charge in [0.15, 0.2) is 0 Å². The number of phenolic OH excluding ortho intramolecular Hbond substituents is 1. The van der Waals surface area contributed by atoms with Crippen molar-refractivity contribution in [3.05, 3.63) is 86.2 Å². The first-order valence-corrected chi connectivity index (χ1v) is 10.2. The van der Waals surface area contributed by atoms with Crippen molar-refractivity contribution in [2.45, 2.75) is 19.6 Å². The molecule has 0 saturated carbocycles. The molecule has 1 aliphatic heterocycles. The van der Waals surface area contributed by atoms with E-state index in [9.17, 15) is 14.7 Å². The second kappa shape index (κ2) is 6.99. The maximum Gasteiger partial charge on any atom is 0.331 e. The van der Waals surface area contributed by atoms with Crippen molar-refractivity contribution in [1.29, 1.82) is 0 Å². The number of aryl methyl sites for hydroxylation is 2. The maximum atomic E-state index is 13.3. The fourth-order valence-electron chi connectivity index (χ4n) is 4.53. The van der Waals surface area contributed by atoms with Crippen LogP contribution in [0.1, 0.15) is 22.9 Å². The number of fused-ring (bicyclic) bond motifs is 3. The summed E-state index contributed by atoms with van der Waals surface area (Å²) in [6.07, 6.45) is -0.514. The topological polar surface area (TPSA) is 78.4 Å². The van der Waals surface area contributed by atoms with Crippen LogP contribution in [-0.2, 0) is 25.4 Å². The third-order valence-electron chi connectivity index (χ3n) is 6.05. The van der Waals surface area contributed by atoms with Crippen LogP contribution in [0.5, 0.6) is 5.75 Å². The Bertz CT molecular complexity index is 1440. The van der Waals surface area contributed by atoms with Crippen LogP contribution in [0.4, 0.5) is 0 Å². The van der Waals surface area contributed by atoms with Crippen LogP contribution in [-0.4, -0.2) is 25.4 Å². The number of aromatic nitrogens is 3. The Hall–Kier alpha value is -3.58. The Morgan fingerprint density at radius 3 is 2.48 bits per heavy atom. The van der Waals surface area contributed by atoms with Crippen LogP contribution in [0.2, 0.25) is 0 Å². The highest BCUT2D eigenvalue weighted by Gasteiger charge is 2.33. The standard InChI is InChI=1S/C24H23N3O4/c1-14-7-9-15(10-8-14)19-18-20(25(2)24(30)26(3)23(18)29)21-22(31-12-11-27(19)21)16-5-4-6-17(28)13-16/h4-10,13,22,28H,11-12H2,1-3H3. The predicted octanol–water partition coefficient (Wildman–Crippen LogP) is 2.84. The number of hydrogen-bond donors (Lipinski definition) is 1. The van der Waals surface area contributed by atoms with Crippen molar-refractivity contribution in [1.82, 2.24) is 13.7 Å². The highest BCUT2D eigenvalue weighted by molar-refractivity contribution is 5.96. The molecular formula is C24H23N3O4. The Morgan fingerprint density at radius 2 is 1.77 bits per heavy atom. The maximum absolute atomic E-state index is 13.3. The Balaban J connectivity index is 1.94. The molecule has 3 heterocycles. The van der Waals surface area contributed by atoms with E-state index in [-0.39, 0.29) is 17.0 Å². The molecule has 4 aromatic rings. The lowest BCUT2D eigenvalue weighted by molar-refractivity contribution is 0.0477. The van der Waals surface area contributed by atoms with Gasteiger partial charge in [-0.1, -0.05) is 42.0 Å². The summed E-state index contributed by atoms with van der Waals surface area (Å²) in [7, 11) is 3.18. The summed E-state index contributed by atoms with van der Waals surface area (Å²) in [5.41, 5.74) is 4.19. The van der Waals surface area contributed by atoms with Gasteiger partial charge in [-0.3, -0.25) is 13.9 Å². The number of nitrogens with zero attached hydrogens (tertiary/aromatic N) is 3. The van der Waals surface area contributed by atoms with E-state index in [0.717, 1.165) is 32.6 Å². The van der Waals surface area contributed by atoms with Crippen LogP contribution in [0.25, 0.3) is 22.2 Å². The molecule has 0 amide bonds. The summed E-state index contributed by atoms with van der Waals surface area (Å²) < 4.78 is 10.9. The van der Waals surface area contributed by atoms with E-state index >= 15 is 0 Å². The molecule has 0 aliphatic carbocycles. The summed E-state index contributed by atoms with van der Waals surface area (Å²) in [5, 5.41) is 10.5. The van der Waals surface area contributed by atoms with Gasteiger partial charge in [-0.25, -0.2) is 4.79 Å². The second-order valence-corrected chi connectivity index (χ2v) is 8.03. The van der Waals surface area contributed by atoms with Crippen LogP contribution < -0.4 is 11.2 Å². The largest absolute Gasteiger partial charge is 0.508 e. The van der Waals surface area contributed by atoms with Crippen LogP contribution in [0, 0.1) is 6.92 Å². The van der Waals surface area contributed by atoms with Gasteiger partial charge < -0.3 is 14.4 Å². The summed E-state index contributed by atoms with van der Waals surface area (Å²) in [5.74, 6) is 0.137. The van der Waals surface area contributed by atoms with E-state index in [2.05, 4.69) is 4.57 Å². The number of ether oxygens (including phenoxy) is 1. The van der Waals surface area contributed by atoms with Gasteiger partial charge in [-0.05, 0) is 30.2 Å². The number of hydrogen-bond acceptors (Lipinski definition) is 4.